The van der Waals surface area contributed by atoms with Crippen LogP contribution in [0.3, 0.4) is 0 Å². The van der Waals surface area contributed by atoms with Gasteiger partial charge < -0.3 is 19.5 Å². The van der Waals surface area contributed by atoms with E-state index in [1.165, 1.54) is 0 Å². The highest BCUT2D eigenvalue weighted by molar-refractivity contribution is 5.84. The molecular weight excluding hydrogens is 374 g/mol. The molecule has 7 nitrogen and oxygen atoms in total. The molecule has 0 aliphatic rings. The van der Waals surface area contributed by atoms with Crippen LogP contribution in [0.25, 0.3) is 0 Å². The van der Waals surface area contributed by atoms with Crippen molar-refractivity contribution in [3.05, 3.63) is 29.8 Å². The highest BCUT2D eigenvalue weighted by atomic mass is 16.6. The Morgan fingerprint density at radius 2 is 1.69 bits per heavy atom. The lowest BCUT2D eigenvalue weighted by Gasteiger charge is -2.21. The van der Waals surface area contributed by atoms with Crippen molar-refractivity contribution in [3.8, 4) is 5.75 Å². The second-order valence-corrected chi connectivity index (χ2v) is 7.59. The van der Waals surface area contributed by atoms with E-state index in [2.05, 4.69) is 5.32 Å². The minimum absolute atomic E-state index is 0.116. The number of para-hydroxylation sites is 1. The van der Waals surface area contributed by atoms with Crippen LogP contribution in [0.4, 0.5) is 0 Å². The summed E-state index contributed by atoms with van der Waals surface area (Å²) in [4.78, 5) is 36.1. The Morgan fingerprint density at radius 1 is 1.03 bits per heavy atom. The van der Waals surface area contributed by atoms with Crippen molar-refractivity contribution in [1.82, 2.24) is 5.32 Å². The molecule has 0 saturated heterocycles. The van der Waals surface area contributed by atoms with Gasteiger partial charge in [0.05, 0.1) is 13.2 Å². The van der Waals surface area contributed by atoms with Gasteiger partial charge in [0.15, 0.2) is 6.61 Å². The summed E-state index contributed by atoms with van der Waals surface area (Å²) >= 11 is 0. The normalized spacial score (nSPS) is 12.2. The fourth-order valence-corrected chi connectivity index (χ4v) is 2.59. The summed E-state index contributed by atoms with van der Waals surface area (Å²) in [7, 11) is 0. The molecule has 1 aromatic carbocycles. The number of carbonyl (C=O) groups excluding carboxylic acids is 3. The summed E-state index contributed by atoms with van der Waals surface area (Å²) in [5.74, 6) is -0.229. The van der Waals surface area contributed by atoms with E-state index in [4.69, 9.17) is 14.2 Å². The van der Waals surface area contributed by atoms with Crippen LogP contribution >= 0.6 is 0 Å². The largest absolute Gasteiger partial charge is 0.482 e. The molecule has 0 heterocycles. The quantitative estimate of drug-likeness (QED) is 0.533. The van der Waals surface area contributed by atoms with Crippen LogP contribution in [-0.2, 0) is 30.3 Å². The van der Waals surface area contributed by atoms with Crippen LogP contribution in [-0.4, -0.2) is 50.1 Å². The van der Waals surface area contributed by atoms with Gasteiger partial charge in [0, 0.05) is 24.8 Å². The fraction of sp³-hybridized carbons (Fsp3) is 0.591. The van der Waals surface area contributed by atoms with E-state index in [1.54, 1.807) is 26.0 Å². The number of carbonyl (C=O) groups is 3. The smallest absolute Gasteiger partial charge is 0.344 e. The molecular formula is C22H33NO6. The number of hydrogen-bond donors (Lipinski definition) is 1. The fourth-order valence-electron chi connectivity index (χ4n) is 2.59. The first-order valence-electron chi connectivity index (χ1n) is 9.98. The second-order valence-electron chi connectivity index (χ2n) is 7.59. The minimum Gasteiger partial charge on any atom is -0.482 e. The molecule has 0 aliphatic heterocycles. The van der Waals surface area contributed by atoms with Crippen molar-refractivity contribution in [1.29, 1.82) is 0 Å². The van der Waals surface area contributed by atoms with Crippen molar-refractivity contribution in [2.45, 2.75) is 53.5 Å². The molecule has 0 spiro atoms. The third-order valence-corrected chi connectivity index (χ3v) is 4.20. The Balaban J connectivity index is 2.81. The van der Waals surface area contributed by atoms with Gasteiger partial charge in [0.1, 0.15) is 17.6 Å². The molecule has 0 radical (unpaired) electrons. The van der Waals surface area contributed by atoms with Crippen LogP contribution in [0.5, 0.6) is 5.75 Å². The standard InChI is InChI=1S/C22H33NO6/c1-6-27-20(25)15-29-18-11-9-8-10-16(18)14-17(21(26)28-7-2)23-13-12-19(24)22(3,4)5/h8-11,17,23H,6-7,12-15H2,1-5H3. The highest BCUT2D eigenvalue weighted by Crippen LogP contribution is 2.21. The molecule has 0 aliphatic carbocycles. The van der Waals surface area contributed by atoms with Gasteiger partial charge in [-0.3, -0.25) is 9.59 Å². The van der Waals surface area contributed by atoms with E-state index < -0.39 is 23.4 Å². The molecule has 1 aromatic rings. The molecule has 162 valence electrons. The molecule has 1 atom stereocenters. The zero-order chi connectivity index (χ0) is 21.9. The van der Waals surface area contributed by atoms with Gasteiger partial charge >= 0.3 is 11.9 Å². The number of esters is 2. The number of Topliss-reactive ketones (excluding diaryl/α,β-unsaturated/α-hetero) is 1. The Bertz CT molecular complexity index is 680. The first kappa shape index (κ1) is 24.6. The van der Waals surface area contributed by atoms with E-state index in [1.807, 2.05) is 32.9 Å². The number of rotatable bonds is 12. The molecule has 1 rings (SSSR count). The summed E-state index contributed by atoms with van der Waals surface area (Å²) in [5, 5.41) is 3.13. The average molecular weight is 408 g/mol. The lowest BCUT2D eigenvalue weighted by Crippen LogP contribution is -2.41. The predicted octanol–water partition coefficient (Wildman–Crippen LogP) is 2.70. The predicted molar refractivity (Wildman–Crippen MR) is 110 cm³/mol. The monoisotopic (exact) mass is 407 g/mol. The first-order valence-corrected chi connectivity index (χ1v) is 9.98. The summed E-state index contributed by atoms with van der Waals surface area (Å²) in [6, 6.07) is 6.56. The average Bonchev–Trinajstić information content (AvgIpc) is 2.66. The first-order chi connectivity index (χ1) is 13.7. The summed E-state index contributed by atoms with van der Waals surface area (Å²) < 4.78 is 15.6. The zero-order valence-electron chi connectivity index (χ0n) is 18.1. The maximum Gasteiger partial charge on any atom is 0.344 e. The van der Waals surface area contributed by atoms with E-state index in [-0.39, 0.29) is 25.6 Å². The van der Waals surface area contributed by atoms with Crippen molar-refractivity contribution in [2.24, 2.45) is 5.41 Å². The van der Waals surface area contributed by atoms with E-state index in [0.717, 1.165) is 5.56 Å². The summed E-state index contributed by atoms with van der Waals surface area (Å²) in [5.41, 5.74) is 0.332. The van der Waals surface area contributed by atoms with Gasteiger partial charge in [-0.25, -0.2) is 4.79 Å². The van der Waals surface area contributed by atoms with Gasteiger partial charge in [0.2, 0.25) is 0 Å². The van der Waals surface area contributed by atoms with Crippen LogP contribution in [0.15, 0.2) is 24.3 Å². The van der Waals surface area contributed by atoms with E-state index in [0.29, 0.717) is 25.1 Å². The van der Waals surface area contributed by atoms with Crippen molar-refractivity contribution >= 4 is 17.7 Å². The molecule has 0 aromatic heterocycles. The molecule has 1 unspecified atom stereocenters. The number of nitrogens with one attached hydrogen (secondary N) is 1. The minimum atomic E-state index is -0.630. The molecule has 0 fully saturated rings. The Labute approximate surface area is 173 Å². The zero-order valence-corrected chi connectivity index (χ0v) is 18.1. The maximum absolute atomic E-state index is 12.4. The topological polar surface area (TPSA) is 90.9 Å². The molecule has 0 saturated carbocycles. The van der Waals surface area contributed by atoms with Gasteiger partial charge in [-0.1, -0.05) is 39.0 Å². The van der Waals surface area contributed by atoms with Crippen molar-refractivity contribution < 1.29 is 28.6 Å². The van der Waals surface area contributed by atoms with Gasteiger partial charge in [0.25, 0.3) is 0 Å². The lowest BCUT2D eigenvalue weighted by molar-refractivity contribution is -0.146. The molecule has 29 heavy (non-hydrogen) atoms. The highest BCUT2D eigenvalue weighted by Gasteiger charge is 2.24. The Hall–Kier alpha value is -2.41. The Kier molecular flexibility index (Phi) is 10.4. The van der Waals surface area contributed by atoms with Gasteiger partial charge in [-0.15, -0.1) is 0 Å². The van der Waals surface area contributed by atoms with Crippen molar-refractivity contribution in [2.75, 3.05) is 26.4 Å². The molecule has 7 heteroatoms. The number of ether oxygens (including phenoxy) is 3. The summed E-state index contributed by atoms with van der Waals surface area (Å²) in [6.07, 6.45) is 0.627. The second kappa shape index (κ2) is 12.2. The van der Waals surface area contributed by atoms with Crippen molar-refractivity contribution in [3.63, 3.8) is 0 Å². The maximum atomic E-state index is 12.4. The molecule has 0 bridgehead atoms. The Morgan fingerprint density at radius 3 is 2.31 bits per heavy atom. The van der Waals surface area contributed by atoms with Gasteiger partial charge in [-0.05, 0) is 25.5 Å². The van der Waals surface area contributed by atoms with Gasteiger partial charge in [-0.2, -0.15) is 0 Å². The number of hydrogen-bond acceptors (Lipinski definition) is 7. The van der Waals surface area contributed by atoms with Crippen LogP contribution in [0, 0.1) is 5.41 Å². The van der Waals surface area contributed by atoms with E-state index >= 15 is 0 Å². The molecule has 0 amide bonds. The summed E-state index contributed by atoms with van der Waals surface area (Å²) in [6.45, 7) is 9.79. The molecule has 1 N–H and O–H groups in total. The van der Waals surface area contributed by atoms with E-state index in [9.17, 15) is 14.4 Å². The van der Waals surface area contributed by atoms with Crippen LogP contribution in [0.1, 0.15) is 46.6 Å². The van der Waals surface area contributed by atoms with Crippen LogP contribution < -0.4 is 10.1 Å². The SMILES string of the molecule is CCOC(=O)COc1ccccc1CC(NCCC(=O)C(C)(C)C)C(=O)OCC. The number of benzene rings is 1. The number of ketones is 1. The third-order valence-electron chi connectivity index (χ3n) is 4.20. The third kappa shape index (κ3) is 9.09. The lowest BCUT2D eigenvalue weighted by atomic mass is 9.89. The van der Waals surface area contributed by atoms with Crippen LogP contribution in [0.2, 0.25) is 0 Å².